The van der Waals surface area contributed by atoms with Crippen LogP contribution >= 0.6 is 0 Å². The number of nitrogens with one attached hydrogen (secondary N) is 1. The number of hydrogen-bond acceptors (Lipinski definition) is 2. The van der Waals surface area contributed by atoms with Crippen molar-refractivity contribution in [2.75, 3.05) is 20.6 Å². The van der Waals surface area contributed by atoms with Crippen LogP contribution in [0.3, 0.4) is 0 Å². The molecule has 0 aromatic carbocycles. The number of nitrogens with zero attached hydrogens (tertiary/aromatic N) is 1. The third-order valence-corrected chi connectivity index (χ3v) is 3.49. The van der Waals surface area contributed by atoms with E-state index in [9.17, 15) is 0 Å². The second kappa shape index (κ2) is 6.49. The van der Waals surface area contributed by atoms with E-state index in [4.69, 9.17) is 0 Å². The van der Waals surface area contributed by atoms with Crippen LogP contribution in [-0.2, 0) is 0 Å². The first-order valence-electron chi connectivity index (χ1n) is 6.48. The van der Waals surface area contributed by atoms with Gasteiger partial charge in [0.25, 0.3) is 0 Å². The molecule has 2 atom stereocenters. The van der Waals surface area contributed by atoms with Gasteiger partial charge in [0.1, 0.15) is 0 Å². The SMILES string of the molecule is CC(CCN(C)C)NC(C)CC1CCC1. The molecule has 90 valence electrons. The van der Waals surface area contributed by atoms with Crippen molar-refractivity contribution in [3.63, 3.8) is 0 Å². The zero-order valence-corrected chi connectivity index (χ0v) is 10.9. The van der Waals surface area contributed by atoms with Crippen LogP contribution in [0, 0.1) is 5.92 Å². The third-order valence-electron chi connectivity index (χ3n) is 3.49. The van der Waals surface area contributed by atoms with Crippen LogP contribution in [-0.4, -0.2) is 37.6 Å². The molecule has 2 unspecified atom stereocenters. The van der Waals surface area contributed by atoms with E-state index in [1.165, 1.54) is 38.6 Å². The van der Waals surface area contributed by atoms with Crippen LogP contribution in [0.15, 0.2) is 0 Å². The highest BCUT2D eigenvalue weighted by molar-refractivity contribution is 4.76. The van der Waals surface area contributed by atoms with E-state index in [1.54, 1.807) is 0 Å². The molecule has 0 saturated heterocycles. The lowest BCUT2D eigenvalue weighted by Crippen LogP contribution is -2.38. The predicted molar refractivity (Wildman–Crippen MR) is 67.2 cm³/mol. The molecule has 1 aliphatic rings. The lowest BCUT2D eigenvalue weighted by Gasteiger charge is -2.30. The molecule has 0 aliphatic heterocycles. The van der Waals surface area contributed by atoms with Gasteiger partial charge in [0.15, 0.2) is 0 Å². The molecule has 1 fully saturated rings. The van der Waals surface area contributed by atoms with Crippen molar-refractivity contribution in [1.82, 2.24) is 10.2 Å². The summed E-state index contributed by atoms with van der Waals surface area (Å²) >= 11 is 0. The van der Waals surface area contributed by atoms with E-state index in [2.05, 4.69) is 38.2 Å². The predicted octanol–water partition coefficient (Wildman–Crippen LogP) is 2.49. The molecule has 0 spiro atoms. The Balaban J connectivity index is 2.04. The van der Waals surface area contributed by atoms with Gasteiger partial charge in [-0.2, -0.15) is 0 Å². The average molecular weight is 212 g/mol. The Morgan fingerprint density at radius 1 is 1.20 bits per heavy atom. The van der Waals surface area contributed by atoms with E-state index < -0.39 is 0 Å². The van der Waals surface area contributed by atoms with Crippen molar-refractivity contribution in [1.29, 1.82) is 0 Å². The molecular weight excluding hydrogens is 184 g/mol. The Morgan fingerprint density at radius 3 is 2.33 bits per heavy atom. The summed E-state index contributed by atoms with van der Waals surface area (Å²) in [5, 5.41) is 3.71. The zero-order chi connectivity index (χ0) is 11.3. The van der Waals surface area contributed by atoms with Crippen molar-refractivity contribution >= 4 is 0 Å². The molecule has 0 heterocycles. The van der Waals surface area contributed by atoms with E-state index in [0.717, 1.165) is 5.92 Å². The molecular formula is C13H28N2. The maximum Gasteiger partial charge on any atom is 0.00533 e. The maximum atomic E-state index is 3.71. The van der Waals surface area contributed by atoms with Crippen molar-refractivity contribution in [2.45, 2.75) is 58.0 Å². The fraction of sp³-hybridized carbons (Fsp3) is 1.00. The summed E-state index contributed by atoms with van der Waals surface area (Å²) in [6, 6.07) is 1.36. The van der Waals surface area contributed by atoms with Crippen molar-refractivity contribution in [3.8, 4) is 0 Å². The highest BCUT2D eigenvalue weighted by atomic mass is 15.1. The molecule has 0 radical (unpaired) electrons. The third kappa shape index (κ3) is 5.53. The van der Waals surface area contributed by atoms with Crippen LogP contribution in [0.25, 0.3) is 0 Å². The van der Waals surface area contributed by atoms with Crippen LogP contribution in [0.4, 0.5) is 0 Å². The Hall–Kier alpha value is -0.0800. The van der Waals surface area contributed by atoms with Gasteiger partial charge < -0.3 is 10.2 Å². The van der Waals surface area contributed by atoms with Crippen molar-refractivity contribution in [2.24, 2.45) is 5.92 Å². The Morgan fingerprint density at radius 2 is 1.87 bits per heavy atom. The Bertz CT molecular complexity index is 164. The summed E-state index contributed by atoms with van der Waals surface area (Å²) in [4.78, 5) is 2.26. The van der Waals surface area contributed by atoms with Gasteiger partial charge in [-0.3, -0.25) is 0 Å². The summed E-state index contributed by atoms with van der Waals surface area (Å²) in [7, 11) is 4.29. The van der Waals surface area contributed by atoms with Gasteiger partial charge in [-0.05, 0) is 53.2 Å². The summed E-state index contributed by atoms with van der Waals surface area (Å²) in [5.74, 6) is 1.02. The second-order valence-electron chi connectivity index (χ2n) is 5.59. The molecule has 1 aliphatic carbocycles. The van der Waals surface area contributed by atoms with Crippen LogP contribution in [0.2, 0.25) is 0 Å². The van der Waals surface area contributed by atoms with Gasteiger partial charge in [-0.1, -0.05) is 19.3 Å². The molecule has 0 aromatic heterocycles. The molecule has 2 nitrogen and oxygen atoms in total. The molecule has 0 amide bonds. The molecule has 2 heteroatoms. The van der Waals surface area contributed by atoms with E-state index in [1.807, 2.05) is 0 Å². The second-order valence-corrected chi connectivity index (χ2v) is 5.59. The summed E-state index contributed by atoms with van der Waals surface area (Å²) in [6.07, 6.45) is 7.04. The first kappa shape index (κ1) is 13.0. The standard InChI is InChI=1S/C13H28N2/c1-11(8-9-15(3)4)14-12(2)10-13-6-5-7-13/h11-14H,5-10H2,1-4H3. The highest BCUT2D eigenvalue weighted by Crippen LogP contribution is 2.30. The summed E-state index contributed by atoms with van der Waals surface area (Å²) in [5.41, 5.74) is 0. The number of rotatable bonds is 7. The van der Waals surface area contributed by atoms with Crippen LogP contribution < -0.4 is 5.32 Å². The van der Waals surface area contributed by atoms with E-state index in [-0.39, 0.29) is 0 Å². The summed E-state index contributed by atoms with van der Waals surface area (Å²) in [6.45, 7) is 5.83. The van der Waals surface area contributed by atoms with Gasteiger partial charge in [0, 0.05) is 12.1 Å². The molecule has 15 heavy (non-hydrogen) atoms. The minimum absolute atomic E-state index is 0.655. The summed E-state index contributed by atoms with van der Waals surface area (Å²) < 4.78 is 0. The topological polar surface area (TPSA) is 15.3 Å². The Kier molecular flexibility index (Phi) is 5.62. The van der Waals surface area contributed by atoms with Crippen molar-refractivity contribution in [3.05, 3.63) is 0 Å². The van der Waals surface area contributed by atoms with Crippen LogP contribution in [0.1, 0.15) is 46.0 Å². The quantitative estimate of drug-likeness (QED) is 0.697. The Labute approximate surface area is 95.4 Å². The number of hydrogen-bond donors (Lipinski definition) is 1. The lowest BCUT2D eigenvalue weighted by atomic mass is 9.81. The smallest absolute Gasteiger partial charge is 0.00533 e. The zero-order valence-electron chi connectivity index (χ0n) is 10.9. The normalized spacial score (nSPS) is 21.4. The van der Waals surface area contributed by atoms with Gasteiger partial charge in [0.05, 0.1) is 0 Å². The minimum atomic E-state index is 0.655. The van der Waals surface area contributed by atoms with Gasteiger partial charge in [0.2, 0.25) is 0 Å². The monoisotopic (exact) mass is 212 g/mol. The van der Waals surface area contributed by atoms with E-state index in [0.29, 0.717) is 12.1 Å². The van der Waals surface area contributed by atoms with Gasteiger partial charge in [-0.15, -0.1) is 0 Å². The average Bonchev–Trinajstić information content (AvgIpc) is 2.08. The van der Waals surface area contributed by atoms with Gasteiger partial charge in [-0.25, -0.2) is 0 Å². The fourth-order valence-electron chi connectivity index (χ4n) is 2.32. The molecule has 0 aromatic rings. The highest BCUT2D eigenvalue weighted by Gasteiger charge is 2.20. The lowest BCUT2D eigenvalue weighted by molar-refractivity contribution is 0.254. The first-order valence-corrected chi connectivity index (χ1v) is 6.48. The molecule has 1 N–H and O–H groups in total. The van der Waals surface area contributed by atoms with Crippen LogP contribution in [0.5, 0.6) is 0 Å². The van der Waals surface area contributed by atoms with Crippen molar-refractivity contribution < 1.29 is 0 Å². The van der Waals surface area contributed by atoms with Gasteiger partial charge >= 0.3 is 0 Å². The minimum Gasteiger partial charge on any atom is -0.312 e. The molecule has 1 rings (SSSR count). The fourth-order valence-corrected chi connectivity index (χ4v) is 2.32. The largest absolute Gasteiger partial charge is 0.312 e. The van der Waals surface area contributed by atoms with E-state index >= 15 is 0 Å². The molecule has 0 bridgehead atoms. The maximum absolute atomic E-state index is 3.71. The molecule has 1 saturated carbocycles. The first-order chi connectivity index (χ1) is 7.08.